The van der Waals surface area contributed by atoms with Crippen molar-refractivity contribution < 1.29 is 4.79 Å². The summed E-state index contributed by atoms with van der Waals surface area (Å²) >= 11 is 3.31. The number of amides is 1. The topological polar surface area (TPSA) is 76.0 Å². The van der Waals surface area contributed by atoms with Crippen molar-refractivity contribution in [2.24, 2.45) is 5.73 Å². The van der Waals surface area contributed by atoms with E-state index in [1.54, 1.807) is 12.1 Å². The fourth-order valence-corrected chi connectivity index (χ4v) is 2.16. The Kier molecular flexibility index (Phi) is 2.78. The van der Waals surface area contributed by atoms with E-state index in [-0.39, 0.29) is 11.8 Å². The number of hydrogen-bond acceptors (Lipinski definition) is 2. The van der Waals surface area contributed by atoms with Crippen molar-refractivity contribution in [3.63, 3.8) is 0 Å². The molecule has 2 rings (SSSR count). The number of carbonyl (C=O) groups is 1. The normalized spacial score (nSPS) is 10.6. The number of carbonyl (C=O) groups excluding carboxylic acids is 1. The van der Waals surface area contributed by atoms with E-state index in [2.05, 4.69) is 20.9 Å². The summed E-state index contributed by atoms with van der Waals surface area (Å²) in [6, 6.07) is 6.80. The summed E-state index contributed by atoms with van der Waals surface area (Å²) in [7, 11) is 0. The molecule has 0 spiro atoms. The molecule has 0 saturated heterocycles. The van der Waals surface area contributed by atoms with Gasteiger partial charge in [-0.3, -0.25) is 9.59 Å². The number of primary amides is 1. The molecule has 0 radical (unpaired) electrons. The van der Waals surface area contributed by atoms with Gasteiger partial charge in [0.25, 0.3) is 0 Å². The molecule has 0 fully saturated rings. The molecule has 0 aliphatic rings. The van der Waals surface area contributed by atoms with Crippen molar-refractivity contribution in [1.82, 2.24) is 4.98 Å². The van der Waals surface area contributed by atoms with Crippen LogP contribution in [0.15, 0.2) is 33.5 Å². The lowest BCUT2D eigenvalue weighted by molar-refractivity contribution is -0.117. The van der Waals surface area contributed by atoms with Gasteiger partial charge in [0.15, 0.2) is 5.43 Å². The maximum absolute atomic E-state index is 11.8. The van der Waals surface area contributed by atoms with Gasteiger partial charge in [0, 0.05) is 16.2 Å². The zero-order valence-electron chi connectivity index (χ0n) is 8.29. The minimum Gasteiger partial charge on any atom is -0.369 e. The number of benzene rings is 1. The predicted octanol–water partition coefficient (Wildman–Crippen LogP) is 1.32. The van der Waals surface area contributed by atoms with Crippen molar-refractivity contribution in [1.29, 1.82) is 0 Å². The molecule has 1 aromatic carbocycles. The number of aromatic amines is 1. The third kappa shape index (κ3) is 1.99. The summed E-state index contributed by atoms with van der Waals surface area (Å²) in [5.41, 5.74) is 6.17. The molecule has 0 aliphatic heterocycles. The number of rotatable bonds is 2. The highest BCUT2D eigenvalue weighted by atomic mass is 79.9. The molecule has 5 heteroatoms. The van der Waals surface area contributed by atoms with Gasteiger partial charge in [-0.2, -0.15) is 0 Å². The van der Waals surface area contributed by atoms with Crippen LogP contribution in [0, 0.1) is 0 Å². The van der Waals surface area contributed by atoms with Crippen LogP contribution in [0.2, 0.25) is 0 Å². The molecule has 0 aliphatic carbocycles. The average Bonchev–Trinajstić information content (AvgIpc) is 2.15. The first-order valence-electron chi connectivity index (χ1n) is 4.66. The molecule has 16 heavy (non-hydrogen) atoms. The van der Waals surface area contributed by atoms with Crippen molar-refractivity contribution in [3.05, 3.63) is 44.7 Å². The highest BCUT2D eigenvalue weighted by Gasteiger charge is 2.06. The lowest BCUT2D eigenvalue weighted by atomic mass is 10.1. The van der Waals surface area contributed by atoms with Gasteiger partial charge < -0.3 is 10.7 Å². The average molecular weight is 281 g/mol. The van der Waals surface area contributed by atoms with Gasteiger partial charge in [-0.25, -0.2) is 0 Å². The van der Waals surface area contributed by atoms with Gasteiger partial charge in [-0.15, -0.1) is 0 Å². The van der Waals surface area contributed by atoms with Crippen molar-refractivity contribution in [3.8, 4) is 0 Å². The predicted molar refractivity (Wildman–Crippen MR) is 65.2 cm³/mol. The maximum atomic E-state index is 11.8. The summed E-state index contributed by atoms with van der Waals surface area (Å²) < 4.78 is 0.733. The Bertz CT molecular complexity index is 619. The minimum absolute atomic E-state index is 0.0394. The zero-order valence-corrected chi connectivity index (χ0v) is 9.87. The Hall–Kier alpha value is -1.62. The number of H-pyrrole nitrogens is 1. The number of aromatic nitrogens is 1. The first-order valence-corrected chi connectivity index (χ1v) is 5.46. The molecular weight excluding hydrogens is 272 g/mol. The fraction of sp³-hybridized carbons (Fsp3) is 0.0909. The molecule has 4 nitrogen and oxygen atoms in total. The van der Waals surface area contributed by atoms with Crippen LogP contribution in [-0.4, -0.2) is 10.9 Å². The lowest BCUT2D eigenvalue weighted by Crippen LogP contribution is -2.16. The van der Waals surface area contributed by atoms with Gasteiger partial charge in [0.05, 0.1) is 17.3 Å². The molecular formula is C11H9BrN2O2. The lowest BCUT2D eigenvalue weighted by Gasteiger charge is -2.03. The number of halogens is 1. The molecule has 3 N–H and O–H groups in total. The number of nitrogens with two attached hydrogens (primary N) is 1. The van der Waals surface area contributed by atoms with Crippen molar-refractivity contribution >= 4 is 32.7 Å². The highest BCUT2D eigenvalue weighted by Crippen LogP contribution is 2.19. The van der Waals surface area contributed by atoms with Gasteiger partial charge in [0.1, 0.15) is 0 Å². The Balaban J connectivity index is 2.69. The second-order valence-corrected chi connectivity index (χ2v) is 4.32. The first kappa shape index (κ1) is 10.9. The van der Waals surface area contributed by atoms with Gasteiger partial charge in [-0.1, -0.05) is 6.07 Å². The Morgan fingerprint density at radius 3 is 2.88 bits per heavy atom. The summed E-state index contributed by atoms with van der Waals surface area (Å²) in [6.07, 6.45) is 0.0394. The van der Waals surface area contributed by atoms with Crippen LogP contribution in [0.3, 0.4) is 0 Å². The number of pyridine rings is 1. The number of hydrogen-bond donors (Lipinski definition) is 2. The molecule has 1 heterocycles. The van der Waals surface area contributed by atoms with E-state index in [9.17, 15) is 9.59 Å². The number of nitrogens with one attached hydrogen (secondary N) is 1. The SMILES string of the molecule is NC(=O)Cc1cc(=O)c2c(Br)cccc2[nH]1. The van der Waals surface area contributed by atoms with E-state index in [0.717, 1.165) is 4.47 Å². The van der Waals surface area contributed by atoms with Crippen LogP contribution >= 0.6 is 15.9 Å². The second kappa shape index (κ2) is 4.09. The monoisotopic (exact) mass is 280 g/mol. The van der Waals surface area contributed by atoms with Crippen molar-refractivity contribution in [2.75, 3.05) is 0 Å². The highest BCUT2D eigenvalue weighted by molar-refractivity contribution is 9.10. The molecule has 0 bridgehead atoms. The van der Waals surface area contributed by atoms with Crippen LogP contribution in [-0.2, 0) is 11.2 Å². The summed E-state index contributed by atoms with van der Waals surface area (Å²) in [5.74, 6) is -0.468. The van der Waals surface area contributed by atoms with Crippen LogP contribution in [0.25, 0.3) is 10.9 Å². The minimum atomic E-state index is -0.468. The third-order valence-corrected chi connectivity index (χ3v) is 2.89. The Morgan fingerprint density at radius 1 is 1.44 bits per heavy atom. The molecule has 1 amide bonds. The largest absolute Gasteiger partial charge is 0.369 e. The maximum Gasteiger partial charge on any atom is 0.223 e. The van der Waals surface area contributed by atoms with Gasteiger partial charge in [0.2, 0.25) is 5.91 Å². The molecule has 1 aromatic heterocycles. The van der Waals surface area contributed by atoms with E-state index < -0.39 is 5.91 Å². The van der Waals surface area contributed by atoms with E-state index in [4.69, 9.17) is 5.73 Å². The second-order valence-electron chi connectivity index (χ2n) is 3.46. The van der Waals surface area contributed by atoms with Crippen LogP contribution in [0.4, 0.5) is 0 Å². The standard InChI is InChI=1S/C11H9BrN2O2/c12-7-2-1-3-8-11(7)9(15)4-6(14-8)5-10(13)16/h1-4H,5H2,(H2,13,16)(H,14,15). The molecule has 2 aromatic rings. The van der Waals surface area contributed by atoms with E-state index in [0.29, 0.717) is 16.6 Å². The van der Waals surface area contributed by atoms with Crippen molar-refractivity contribution in [2.45, 2.75) is 6.42 Å². The fourth-order valence-electron chi connectivity index (χ4n) is 1.60. The summed E-state index contributed by atoms with van der Waals surface area (Å²) in [6.45, 7) is 0. The molecule has 0 saturated carbocycles. The smallest absolute Gasteiger partial charge is 0.223 e. The number of fused-ring (bicyclic) bond motifs is 1. The Morgan fingerprint density at radius 2 is 2.19 bits per heavy atom. The first-order chi connectivity index (χ1) is 7.58. The quantitative estimate of drug-likeness (QED) is 0.871. The molecule has 0 unspecified atom stereocenters. The van der Waals surface area contributed by atoms with Crippen LogP contribution < -0.4 is 11.2 Å². The molecule has 0 atom stereocenters. The molecule has 82 valence electrons. The summed E-state index contributed by atoms with van der Waals surface area (Å²) in [5, 5.41) is 0.579. The van der Waals surface area contributed by atoms with Crippen LogP contribution in [0.1, 0.15) is 5.69 Å². The van der Waals surface area contributed by atoms with E-state index in [1.165, 1.54) is 6.07 Å². The van der Waals surface area contributed by atoms with E-state index in [1.807, 2.05) is 6.07 Å². The van der Waals surface area contributed by atoms with E-state index >= 15 is 0 Å². The van der Waals surface area contributed by atoms with Gasteiger partial charge in [-0.05, 0) is 28.1 Å². The summed E-state index contributed by atoms with van der Waals surface area (Å²) in [4.78, 5) is 25.6. The Labute approximate surface area is 99.6 Å². The van der Waals surface area contributed by atoms with Gasteiger partial charge >= 0.3 is 0 Å². The zero-order chi connectivity index (χ0) is 11.7. The third-order valence-electron chi connectivity index (χ3n) is 2.23. The van der Waals surface area contributed by atoms with Crippen LogP contribution in [0.5, 0.6) is 0 Å².